The minimum Gasteiger partial charge on any atom is -0.470 e. The molecule has 8 nitrogen and oxygen atoms in total. The summed E-state index contributed by atoms with van der Waals surface area (Å²) < 4.78 is 10.2. The Morgan fingerprint density at radius 3 is 2.71 bits per heavy atom. The third-order valence-corrected chi connectivity index (χ3v) is 1.90. The van der Waals surface area contributed by atoms with Gasteiger partial charge in [0.1, 0.15) is 12.3 Å². The van der Waals surface area contributed by atoms with Crippen LogP contribution in [0.3, 0.4) is 0 Å². The zero-order valence-corrected chi connectivity index (χ0v) is 9.67. The Kier molecular flexibility index (Phi) is 4.58. The van der Waals surface area contributed by atoms with Crippen LogP contribution >= 0.6 is 0 Å². The van der Waals surface area contributed by atoms with E-state index >= 15 is 0 Å². The molecule has 0 amide bonds. The Morgan fingerprint density at radius 2 is 2.12 bits per heavy atom. The Balaban J connectivity index is 2.85. The molecule has 0 aliphatic carbocycles. The van der Waals surface area contributed by atoms with E-state index in [-0.39, 0.29) is 29.8 Å². The van der Waals surface area contributed by atoms with Crippen molar-refractivity contribution in [2.75, 3.05) is 25.6 Å². The van der Waals surface area contributed by atoms with E-state index in [1.165, 1.54) is 6.92 Å². The third-order valence-electron chi connectivity index (χ3n) is 1.90. The lowest BCUT2D eigenvalue weighted by atomic mass is 10.3. The van der Waals surface area contributed by atoms with Crippen LogP contribution in [0.5, 0.6) is 5.88 Å². The van der Waals surface area contributed by atoms with E-state index in [2.05, 4.69) is 9.97 Å². The van der Waals surface area contributed by atoms with Gasteiger partial charge < -0.3 is 15.2 Å². The number of hydrogen-bond acceptors (Lipinski definition) is 7. The zero-order valence-electron chi connectivity index (χ0n) is 9.67. The molecule has 0 bridgehead atoms. The molecule has 0 spiro atoms. The van der Waals surface area contributed by atoms with Gasteiger partial charge in [0, 0.05) is 6.61 Å². The van der Waals surface area contributed by atoms with Crippen molar-refractivity contribution in [2.45, 2.75) is 13.8 Å². The highest BCUT2D eigenvalue weighted by Crippen LogP contribution is 2.27. The van der Waals surface area contributed by atoms with Crippen LogP contribution in [0.2, 0.25) is 0 Å². The molecule has 17 heavy (non-hydrogen) atoms. The number of nitrogens with zero attached hydrogens (tertiary/aromatic N) is 3. The lowest BCUT2D eigenvalue weighted by molar-refractivity contribution is -0.387. The van der Waals surface area contributed by atoms with Crippen LogP contribution < -0.4 is 10.5 Å². The average Bonchev–Trinajstić information content (AvgIpc) is 2.22. The van der Waals surface area contributed by atoms with Crippen LogP contribution in [0, 0.1) is 17.0 Å². The lowest BCUT2D eigenvalue weighted by Gasteiger charge is -2.07. The molecule has 94 valence electrons. The topological polar surface area (TPSA) is 113 Å². The molecule has 0 atom stereocenters. The van der Waals surface area contributed by atoms with Crippen LogP contribution in [0.4, 0.5) is 11.6 Å². The largest absolute Gasteiger partial charge is 0.470 e. The fourth-order valence-electron chi connectivity index (χ4n) is 1.21. The molecule has 0 aliphatic rings. The molecular formula is C9H14N4O4. The molecule has 0 unspecified atom stereocenters. The van der Waals surface area contributed by atoms with Crippen molar-refractivity contribution in [1.29, 1.82) is 0 Å². The summed E-state index contributed by atoms with van der Waals surface area (Å²) >= 11 is 0. The highest BCUT2D eigenvalue weighted by molar-refractivity contribution is 5.47. The van der Waals surface area contributed by atoms with E-state index in [1.54, 1.807) is 0 Å². The number of rotatable bonds is 6. The SMILES string of the molecule is CCOCCOc1nc(N)nc(C)c1[N+](=O)[O-]. The summed E-state index contributed by atoms with van der Waals surface area (Å²) in [6, 6.07) is 0. The Morgan fingerprint density at radius 1 is 1.41 bits per heavy atom. The second kappa shape index (κ2) is 5.94. The summed E-state index contributed by atoms with van der Waals surface area (Å²) in [5.41, 5.74) is 5.31. The fraction of sp³-hybridized carbons (Fsp3) is 0.556. The first kappa shape index (κ1) is 13.1. The van der Waals surface area contributed by atoms with E-state index in [0.717, 1.165) is 0 Å². The number of nitro groups is 1. The summed E-state index contributed by atoms with van der Waals surface area (Å²) in [5.74, 6) is -0.181. The van der Waals surface area contributed by atoms with Crippen LogP contribution in [-0.4, -0.2) is 34.7 Å². The molecule has 0 radical (unpaired) electrons. The van der Waals surface area contributed by atoms with Gasteiger partial charge in [0.05, 0.1) is 11.5 Å². The smallest absolute Gasteiger partial charge is 0.352 e. The van der Waals surface area contributed by atoms with Crippen molar-refractivity contribution in [3.8, 4) is 5.88 Å². The van der Waals surface area contributed by atoms with Crippen molar-refractivity contribution in [2.24, 2.45) is 0 Å². The second-order valence-electron chi connectivity index (χ2n) is 3.12. The Labute approximate surface area is 97.9 Å². The Bertz CT molecular complexity index is 410. The molecular weight excluding hydrogens is 228 g/mol. The maximum atomic E-state index is 10.8. The van der Waals surface area contributed by atoms with Gasteiger partial charge in [0.25, 0.3) is 5.88 Å². The summed E-state index contributed by atoms with van der Waals surface area (Å²) in [5, 5.41) is 10.8. The minimum atomic E-state index is -0.592. The molecule has 0 aliphatic heterocycles. The van der Waals surface area contributed by atoms with Gasteiger partial charge in [0.2, 0.25) is 5.95 Å². The summed E-state index contributed by atoms with van der Waals surface area (Å²) in [6.07, 6.45) is 0. The van der Waals surface area contributed by atoms with Gasteiger partial charge >= 0.3 is 5.69 Å². The van der Waals surface area contributed by atoms with E-state index in [9.17, 15) is 10.1 Å². The monoisotopic (exact) mass is 242 g/mol. The quantitative estimate of drug-likeness (QED) is 0.443. The molecule has 0 fully saturated rings. The van der Waals surface area contributed by atoms with Crippen LogP contribution in [0.15, 0.2) is 0 Å². The number of aryl methyl sites for hydroxylation is 1. The van der Waals surface area contributed by atoms with E-state index in [4.69, 9.17) is 15.2 Å². The maximum Gasteiger partial charge on any atom is 0.352 e. The average molecular weight is 242 g/mol. The molecule has 2 N–H and O–H groups in total. The molecule has 0 aromatic carbocycles. The first-order chi connectivity index (χ1) is 8.06. The van der Waals surface area contributed by atoms with Gasteiger partial charge in [-0.1, -0.05) is 0 Å². The van der Waals surface area contributed by atoms with Crippen LogP contribution in [-0.2, 0) is 4.74 Å². The zero-order chi connectivity index (χ0) is 12.8. The highest BCUT2D eigenvalue weighted by Gasteiger charge is 2.22. The van der Waals surface area contributed by atoms with Crippen molar-refractivity contribution in [3.05, 3.63) is 15.8 Å². The highest BCUT2D eigenvalue weighted by atomic mass is 16.6. The van der Waals surface area contributed by atoms with Crippen molar-refractivity contribution < 1.29 is 14.4 Å². The van der Waals surface area contributed by atoms with E-state index < -0.39 is 4.92 Å². The van der Waals surface area contributed by atoms with E-state index in [1.807, 2.05) is 6.92 Å². The second-order valence-corrected chi connectivity index (χ2v) is 3.12. The molecule has 0 saturated heterocycles. The number of hydrogen-bond donors (Lipinski definition) is 1. The molecule has 1 aromatic rings. The molecule has 8 heteroatoms. The van der Waals surface area contributed by atoms with Gasteiger partial charge in [-0.25, -0.2) is 4.98 Å². The van der Waals surface area contributed by atoms with Gasteiger partial charge in [-0.3, -0.25) is 10.1 Å². The number of ether oxygens (including phenoxy) is 2. The van der Waals surface area contributed by atoms with Crippen LogP contribution in [0.25, 0.3) is 0 Å². The van der Waals surface area contributed by atoms with Crippen molar-refractivity contribution in [1.82, 2.24) is 9.97 Å². The predicted octanol–water partition coefficient (Wildman–Crippen LogP) is 0.691. The number of anilines is 1. The predicted molar refractivity (Wildman–Crippen MR) is 59.8 cm³/mol. The van der Waals surface area contributed by atoms with Crippen LogP contribution in [0.1, 0.15) is 12.6 Å². The van der Waals surface area contributed by atoms with Gasteiger partial charge in [-0.05, 0) is 13.8 Å². The third kappa shape index (κ3) is 3.52. The number of nitrogens with two attached hydrogens (primary N) is 1. The standard InChI is InChI=1S/C9H14N4O4/c1-3-16-4-5-17-8-7(13(14)15)6(2)11-9(10)12-8/h3-5H2,1-2H3,(H2,10,11,12). The summed E-state index contributed by atoms with van der Waals surface area (Å²) in [7, 11) is 0. The lowest BCUT2D eigenvalue weighted by Crippen LogP contribution is -2.11. The normalized spacial score (nSPS) is 10.2. The minimum absolute atomic E-state index is 0.0560. The molecule has 0 saturated carbocycles. The first-order valence-corrected chi connectivity index (χ1v) is 5.05. The maximum absolute atomic E-state index is 10.8. The summed E-state index contributed by atoms with van der Waals surface area (Å²) in [4.78, 5) is 17.6. The van der Waals surface area contributed by atoms with E-state index in [0.29, 0.717) is 13.2 Å². The van der Waals surface area contributed by atoms with Gasteiger partial charge in [-0.2, -0.15) is 4.98 Å². The van der Waals surface area contributed by atoms with Gasteiger partial charge in [0.15, 0.2) is 0 Å². The van der Waals surface area contributed by atoms with Crippen molar-refractivity contribution in [3.63, 3.8) is 0 Å². The molecule has 1 heterocycles. The summed E-state index contributed by atoms with van der Waals surface area (Å²) in [6.45, 7) is 4.37. The number of nitrogen functional groups attached to an aromatic ring is 1. The number of aromatic nitrogens is 2. The van der Waals surface area contributed by atoms with Gasteiger partial charge in [-0.15, -0.1) is 0 Å². The molecule has 1 aromatic heterocycles. The van der Waals surface area contributed by atoms with Crippen molar-refractivity contribution >= 4 is 11.6 Å². The first-order valence-electron chi connectivity index (χ1n) is 5.05. The Hall–Kier alpha value is -1.96. The fourth-order valence-corrected chi connectivity index (χ4v) is 1.21. The molecule has 1 rings (SSSR count).